The van der Waals surface area contributed by atoms with E-state index in [0.717, 1.165) is 61.6 Å². The van der Waals surface area contributed by atoms with Gasteiger partial charge in [0, 0.05) is 24.9 Å². The van der Waals surface area contributed by atoms with Crippen LogP contribution >= 0.6 is 35.3 Å². The number of aryl methyl sites for hydroxylation is 1. The molecule has 0 amide bonds. The fourth-order valence-electron chi connectivity index (χ4n) is 3.69. The summed E-state index contributed by atoms with van der Waals surface area (Å²) in [5.41, 5.74) is 2.41. The zero-order valence-corrected chi connectivity index (χ0v) is 21.3. The van der Waals surface area contributed by atoms with Crippen molar-refractivity contribution in [3.05, 3.63) is 45.9 Å². The molecule has 0 radical (unpaired) electrons. The second-order valence-electron chi connectivity index (χ2n) is 7.29. The van der Waals surface area contributed by atoms with Gasteiger partial charge in [-0.25, -0.2) is 4.98 Å². The third-order valence-electron chi connectivity index (χ3n) is 5.17. The number of hydrogen-bond donors (Lipinski definition) is 2. The lowest BCUT2D eigenvalue weighted by Gasteiger charge is -2.27. The van der Waals surface area contributed by atoms with E-state index in [9.17, 15) is 0 Å². The molecule has 1 saturated heterocycles. The van der Waals surface area contributed by atoms with Crippen molar-refractivity contribution in [2.24, 2.45) is 4.99 Å². The van der Waals surface area contributed by atoms with Gasteiger partial charge in [-0.3, -0.25) is 9.89 Å². The molecule has 0 bridgehead atoms. The lowest BCUT2D eigenvalue weighted by Crippen LogP contribution is -2.39. The van der Waals surface area contributed by atoms with Gasteiger partial charge in [0.25, 0.3) is 0 Å². The number of nitrogens with zero attached hydrogens (tertiary/aromatic N) is 3. The molecule has 8 heteroatoms. The minimum atomic E-state index is 0. The van der Waals surface area contributed by atoms with E-state index in [-0.39, 0.29) is 30.0 Å². The first kappa shape index (κ1) is 24.9. The van der Waals surface area contributed by atoms with E-state index in [0.29, 0.717) is 0 Å². The molecule has 1 aliphatic heterocycles. The van der Waals surface area contributed by atoms with Crippen LogP contribution in [0.15, 0.2) is 34.6 Å². The van der Waals surface area contributed by atoms with Crippen LogP contribution in [-0.4, -0.2) is 55.7 Å². The maximum absolute atomic E-state index is 5.44. The van der Waals surface area contributed by atoms with Gasteiger partial charge in [0.05, 0.1) is 30.4 Å². The summed E-state index contributed by atoms with van der Waals surface area (Å²) in [6.45, 7) is 8.79. The minimum Gasteiger partial charge on any atom is -0.497 e. The van der Waals surface area contributed by atoms with Crippen molar-refractivity contribution in [2.45, 2.75) is 39.2 Å². The molecule has 2 aromatic rings. The summed E-state index contributed by atoms with van der Waals surface area (Å²) in [6, 6.07) is 8.67. The summed E-state index contributed by atoms with van der Waals surface area (Å²) in [7, 11) is 1.72. The standard InChI is InChI=1S/C22H33N5OS.HI/c1-4-23-22(24-11-10-19-16-29-17(2)26-19)25-15-21(27-12-5-6-13-27)18-8-7-9-20(14-18)28-3;/h7-9,14,16,21H,4-6,10-13,15H2,1-3H3,(H2,23,24,25);1H. The molecular weight excluding hydrogens is 509 g/mol. The van der Waals surface area contributed by atoms with Gasteiger partial charge < -0.3 is 15.4 Å². The fraction of sp³-hybridized carbons (Fsp3) is 0.545. The number of ether oxygens (including phenoxy) is 1. The Hall–Kier alpha value is -1.39. The predicted octanol–water partition coefficient (Wildman–Crippen LogP) is 4.01. The Bertz CT molecular complexity index is 791. The Morgan fingerprint density at radius 1 is 1.30 bits per heavy atom. The largest absolute Gasteiger partial charge is 0.497 e. The number of thiazole rings is 1. The maximum atomic E-state index is 5.44. The van der Waals surface area contributed by atoms with Crippen LogP contribution in [0, 0.1) is 6.92 Å². The van der Waals surface area contributed by atoms with Crippen LogP contribution in [0.4, 0.5) is 0 Å². The number of likely N-dealkylation sites (tertiary alicyclic amines) is 1. The Morgan fingerprint density at radius 3 is 2.77 bits per heavy atom. The van der Waals surface area contributed by atoms with E-state index < -0.39 is 0 Å². The molecule has 1 atom stereocenters. The molecule has 0 spiro atoms. The van der Waals surface area contributed by atoms with Crippen molar-refractivity contribution in [3.63, 3.8) is 0 Å². The van der Waals surface area contributed by atoms with E-state index >= 15 is 0 Å². The molecule has 0 saturated carbocycles. The number of guanidine groups is 1. The SMILES string of the molecule is CCNC(=NCC(c1cccc(OC)c1)N1CCCC1)NCCc1csc(C)n1.I. The summed E-state index contributed by atoms with van der Waals surface area (Å²) in [4.78, 5) is 12.0. The van der Waals surface area contributed by atoms with Crippen LogP contribution in [0.2, 0.25) is 0 Å². The molecule has 1 aromatic heterocycles. The monoisotopic (exact) mass is 543 g/mol. The van der Waals surface area contributed by atoms with Gasteiger partial charge in [-0.05, 0) is 57.5 Å². The molecular formula is C22H34IN5OS. The van der Waals surface area contributed by atoms with E-state index in [1.807, 2.05) is 13.0 Å². The van der Waals surface area contributed by atoms with Gasteiger partial charge >= 0.3 is 0 Å². The maximum Gasteiger partial charge on any atom is 0.191 e. The molecule has 2 N–H and O–H groups in total. The van der Waals surface area contributed by atoms with Gasteiger partial charge in [0.15, 0.2) is 5.96 Å². The predicted molar refractivity (Wildman–Crippen MR) is 136 cm³/mol. The van der Waals surface area contributed by atoms with Crippen LogP contribution in [0.25, 0.3) is 0 Å². The highest BCUT2D eigenvalue weighted by Crippen LogP contribution is 2.27. The summed E-state index contributed by atoms with van der Waals surface area (Å²) in [5.74, 6) is 1.77. The average Bonchev–Trinajstić information content (AvgIpc) is 3.40. The van der Waals surface area contributed by atoms with Crippen molar-refractivity contribution in [3.8, 4) is 5.75 Å². The molecule has 2 heterocycles. The number of aliphatic imine (C=N–C) groups is 1. The van der Waals surface area contributed by atoms with E-state index in [1.165, 1.54) is 18.4 Å². The molecule has 1 fully saturated rings. The minimum absolute atomic E-state index is 0. The van der Waals surface area contributed by atoms with Crippen molar-refractivity contribution in [1.82, 2.24) is 20.5 Å². The number of rotatable bonds is 9. The Labute approximate surface area is 201 Å². The molecule has 3 rings (SSSR count). The zero-order valence-electron chi connectivity index (χ0n) is 18.2. The van der Waals surface area contributed by atoms with Gasteiger partial charge in [-0.15, -0.1) is 35.3 Å². The molecule has 1 aliphatic rings. The molecule has 0 aliphatic carbocycles. The lowest BCUT2D eigenvalue weighted by molar-refractivity contribution is 0.251. The number of benzene rings is 1. The Balaban J connectivity index is 0.00000320. The summed E-state index contributed by atoms with van der Waals surface area (Å²) in [5, 5.41) is 10.1. The van der Waals surface area contributed by atoms with Gasteiger partial charge in [-0.2, -0.15) is 0 Å². The van der Waals surface area contributed by atoms with Crippen LogP contribution < -0.4 is 15.4 Å². The van der Waals surface area contributed by atoms with Crippen molar-refractivity contribution < 1.29 is 4.74 Å². The van der Waals surface area contributed by atoms with E-state index in [4.69, 9.17) is 9.73 Å². The lowest BCUT2D eigenvalue weighted by atomic mass is 10.1. The first-order chi connectivity index (χ1) is 14.2. The summed E-state index contributed by atoms with van der Waals surface area (Å²) < 4.78 is 5.44. The summed E-state index contributed by atoms with van der Waals surface area (Å²) >= 11 is 1.70. The molecule has 1 aromatic carbocycles. The van der Waals surface area contributed by atoms with Crippen LogP contribution in [0.1, 0.15) is 42.1 Å². The quantitative estimate of drug-likeness (QED) is 0.285. The second-order valence-corrected chi connectivity index (χ2v) is 8.35. The third-order valence-corrected chi connectivity index (χ3v) is 5.99. The molecule has 6 nitrogen and oxygen atoms in total. The smallest absolute Gasteiger partial charge is 0.191 e. The number of hydrogen-bond acceptors (Lipinski definition) is 5. The van der Waals surface area contributed by atoms with E-state index in [1.54, 1.807) is 18.4 Å². The highest BCUT2D eigenvalue weighted by molar-refractivity contribution is 14.0. The molecule has 30 heavy (non-hydrogen) atoms. The van der Waals surface area contributed by atoms with Gasteiger partial charge in [0.1, 0.15) is 5.75 Å². The first-order valence-electron chi connectivity index (χ1n) is 10.5. The van der Waals surface area contributed by atoms with Crippen LogP contribution in [0.3, 0.4) is 0 Å². The summed E-state index contributed by atoms with van der Waals surface area (Å²) in [6.07, 6.45) is 3.42. The van der Waals surface area contributed by atoms with Crippen LogP contribution in [-0.2, 0) is 6.42 Å². The fourth-order valence-corrected chi connectivity index (χ4v) is 4.33. The highest BCUT2D eigenvalue weighted by atomic mass is 127. The topological polar surface area (TPSA) is 61.8 Å². The number of nitrogens with one attached hydrogen (secondary N) is 2. The Kier molecular flexibility index (Phi) is 10.9. The van der Waals surface area contributed by atoms with Crippen molar-refractivity contribution in [1.29, 1.82) is 0 Å². The van der Waals surface area contributed by atoms with Gasteiger partial charge in [-0.1, -0.05) is 12.1 Å². The third kappa shape index (κ3) is 7.39. The van der Waals surface area contributed by atoms with Crippen molar-refractivity contribution in [2.75, 3.05) is 39.8 Å². The highest BCUT2D eigenvalue weighted by Gasteiger charge is 2.23. The number of aromatic nitrogens is 1. The normalized spacial score (nSPS) is 15.5. The zero-order chi connectivity index (χ0) is 20.5. The van der Waals surface area contributed by atoms with Gasteiger partial charge in [0.2, 0.25) is 0 Å². The van der Waals surface area contributed by atoms with Crippen LogP contribution in [0.5, 0.6) is 5.75 Å². The second kappa shape index (κ2) is 13.1. The first-order valence-corrected chi connectivity index (χ1v) is 11.4. The molecule has 1 unspecified atom stereocenters. The molecule has 166 valence electrons. The number of methoxy groups -OCH3 is 1. The number of halogens is 1. The average molecular weight is 544 g/mol. The Morgan fingerprint density at radius 2 is 2.10 bits per heavy atom. The van der Waals surface area contributed by atoms with E-state index in [2.05, 4.69) is 51.0 Å². The van der Waals surface area contributed by atoms with Crippen molar-refractivity contribution >= 4 is 41.3 Å².